The van der Waals surface area contributed by atoms with Gasteiger partial charge in [0, 0.05) is 13.1 Å². The Balaban J connectivity index is 1.55. The van der Waals surface area contributed by atoms with Gasteiger partial charge >= 0.3 is 0 Å². The van der Waals surface area contributed by atoms with E-state index >= 15 is 0 Å². The Morgan fingerprint density at radius 1 is 1.19 bits per heavy atom. The normalized spacial score (nSPS) is 24.1. The molecule has 0 N–H and O–H groups in total. The highest BCUT2D eigenvalue weighted by Crippen LogP contribution is 2.33. The molecule has 0 bridgehead atoms. The van der Waals surface area contributed by atoms with Gasteiger partial charge < -0.3 is 4.74 Å². The molecule has 0 aliphatic carbocycles. The van der Waals surface area contributed by atoms with E-state index in [4.69, 9.17) is 4.74 Å². The van der Waals surface area contributed by atoms with E-state index in [0.29, 0.717) is 31.0 Å². The van der Waals surface area contributed by atoms with Crippen LogP contribution in [-0.4, -0.2) is 46.9 Å². The minimum atomic E-state index is -3.53. The number of hydrogen-bond donors (Lipinski definition) is 0. The summed E-state index contributed by atoms with van der Waals surface area (Å²) in [5.41, 5.74) is 2.05. The molecule has 2 atom stereocenters. The zero-order chi connectivity index (χ0) is 18.5. The molecule has 140 valence electrons. The molecule has 0 saturated carbocycles. The molecule has 1 aromatic carbocycles. The quantitative estimate of drug-likeness (QED) is 0.802. The maximum absolute atomic E-state index is 13.1. The van der Waals surface area contributed by atoms with Gasteiger partial charge in [-0.15, -0.1) is 5.10 Å². The molecule has 7 nitrogen and oxygen atoms in total. The van der Waals surface area contributed by atoms with Gasteiger partial charge in [-0.2, -0.15) is 4.31 Å². The van der Waals surface area contributed by atoms with Gasteiger partial charge in [0.05, 0.1) is 35.5 Å². The third-order valence-corrected chi connectivity index (χ3v) is 7.13. The van der Waals surface area contributed by atoms with Crippen molar-refractivity contribution in [2.75, 3.05) is 13.1 Å². The molecule has 0 spiro atoms. The summed E-state index contributed by atoms with van der Waals surface area (Å²) in [5.74, 6) is 0. The van der Waals surface area contributed by atoms with E-state index < -0.39 is 10.0 Å². The lowest BCUT2D eigenvalue weighted by Gasteiger charge is -2.40. The van der Waals surface area contributed by atoms with E-state index in [1.807, 2.05) is 16.8 Å². The van der Waals surface area contributed by atoms with Crippen molar-refractivity contribution >= 4 is 10.0 Å². The number of aromatic nitrogens is 3. The summed E-state index contributed by atoms with van der Waals surface area (Å²) >= 11 is 0. The Hall–Kier alpha value is -1.77. The summed E-state index contributed by atoms with van der Waals surface area (Å²) in [4.78, 5) is 0.334. The minimum absolute atomic E-state index is 0.00786. The van der Waals surface area contributed by atoms with Crippen molar-refractivity contribution in [3.8, 4) is 0 Å². The number of sulfonamides is 1. The smallest absolute Gasteiger partial charge is 0.243 e. The van der Waals surface area contributed by atoms with Crippen LogP contribution in [0, 0.1) is 0 Å². The monoisotopic (exact) mass is 376 g/mol. The lowest BCUT2D eigenvalue weighted by Crippen LogP contribution is -2.50. The zero-order valence-electron chi connectivity index (χ0n) is 15.3. The van der Waals surface area contributed by atoms with Gasteiger partial charge in [0.25, 0.3) is 0 Å². The van der Waals surface area contributed by atoms with Crippen molar-refractivity contribution in [3.63, 3.8) is 0 Å². The molecule has 0 amide bonds. The SMILES string of the molecule is CC(C)(C)c1ccc(S(=O)(=O)N2CCC3C(C2)OCc2cnnn23)cc1. The lowest BCUT2D eigenvalue weighted by molar-refractivity contribution is -0.0543. The highest BCUT2D eigenvalue weighted by atomic mass is 32.2. The first-order valence-electron chi connectivity index (χ1n) is 8.88. The van der Waals surface area contributed by atoms with Crippen LogP contribution in [0.3, 0.4) is 0 Å². The van der Waals surface area contributed by atoms with Crippen molar-refractivity contribution in [1.29, 1.82) is 0 Å². The fraction of sp³-hybridized carbons (Fsp3) is 0.556. The molecule has 2 unspecified atom stereocenters. The number of hydrogen-bond acceptors (Lipinski definition) is 5. The molecule has 8 heteroatoms. The summed E-state index contributed by atoms with van der Waals surface area (Å²) in [6.45, 7) is 7.54. The molecular weight excluding hydrogens is 352 g/mol. The van der Waals surface area contributed by atoms with Gasteiger partial charge in [0.2, 0.25) is 10.0 Å². The standard InChI is InChI=1S/C18H24N4O3S/c1-18(2,3)13-4-6-15(7-5-13)26(23,24)21-9-8-16-17(11-21)25-12-14-10-19-20-22(14)16/h4-7,10,16-17H,8-9,11-12H2,1-3H3. The zero-order valence-corrected chi connectivity index (χ0v) is 16.1. The van der Waals surface area contributed by atoms with Gasteiger partial charge in [-0.05, 0) is 29.5 Å². The van der Waals surface area contributed by atoms with Gasteiger partial charge in [0.15, 0.2) is 0 Å². The largest absolute Gasteiger partial charge is 0.368 e. The summed E-state index contributed by atoms with van der Waals surface area (Å²) in [7, 11) is -3.53. The van der Waals surface area contributed by atoms with E-state index in [0.717, 1.165) is 11.3 Å². The number of piperidine rings is 1. The van der Waals surface area contributed by atoms with E-state index in [9.17, 15) is 8.42 Å². The first kappa shape index (κ1) is 17.6. The highest BCUT2D eigenvalue weighted by molar-refractivity contribution is 7.89. The van der Waals surface area contributed by atoms with Crippen LogP contribution in [0.25, 0.3) is 0 Å². The highest BCUT2D eigenvalue weighted by Gasteiger charge is 2.40. The number of rotatable bonds is 2. The molecule has 2 aliphatic rings. The van der Waals surface area contributed by atoms with Crippen LogP contribution in [0.15, 0.2) is 35.4 Å². The Morgan fingerprint density at radius 3 is 2.62 bits per heavy atom. The van der Waals surface area contributed by atoms with Gasteiger partial charge in [-0.25, -0.2) is 13.1 Å². The van der Waals surface area contributed by atoms with Gasteiger partial charge in [-0.1, -0.05) is 38.1 Å². The Bertz CT molecular complexity index is 899. The molecule has 2 aliphatic heterocycles. The van der Waals surface area contributed by atoms with Gasteiger partial charge in [0.1, 0.15) is 0 Å². The summed E-state index contributed by atoms with van der Waals surface area (Å²) in [5, 5.41) is 8.08. The fourth-order valence-electron chi connectivity index (χ4n) is 3.65. The number of nitrogens with zero attached hydrogens (tertiary/aromatic N) is 4. The van der Waals surface area contributed by atoms with Crippen LogP contribution in [0.4, 0.5) is 0 Å². The first-order valence-corrected chi connectivity index (χ1v) is 10.3. The molecule has 4 rings (SSSR count). The Labute approximate surface area is 154 Å². The van der Waals surface area contributed by atoms with Crippen LogP contribution in [0.2, 0.25) is 0 Å². The van der Waals surface area contributed by atoms with Crippen molar-refractivity contribution in [2.24, 2.45) is 0 Å². The van der Waals surface area contributed by atoms with E-state index in [1.165, 1.54) is 4.31 Å². The average molecular weight is 376 g/mol. The molecule has 3 heterocycles. The maximum Gasteiger partial charge on any atom is 0.243 e. The molecule has 0 radical (unpaired) electrons. The van der Waals surface area contributed by atoms with Crippen LogP contribution in [-0.2, 0) is 26.8 Å². The number of benzene rings is 1. The van der Waals surface area contributed by atoms with Gasteiger partial charge in [-0.3, -0.25) is 0 Å². The summed E-state index contributed by atoms with van der Waals surface area (Å²) in [6.07, 6.45) is 2.18. The van der Waals surface area contributed by atoms with Crippen molar-refractivity contribution in [2.45, 2.75) is 56.3 Å². The predicted octanol–water partition coefficient (Wildman–Crippen LogP) is 2.11. The van der Waals surface area contributed by atoms with E-state index in [2.05, 4.69) is 31.1 Å². The van der Waals surface area contributed by atoms with E-state index in [-0.39, 0.29) is 17.6 Å². The molecule has 1 fully saturated rings. The molecule has 26 heavy (non-hydrogen) atoms. The second-order valence-electron chi connectivity index (χ2n) is 8.01. The van der Waals surface area contributed by atoms with Crippen molar-refractivity contribution in [1.82, 2.24) is 19.3 Å². The van der Waals surface area contributed by atoms with Crippen molar-refractivity contribution in [3.05, 3.63) is 41.7 Å². The van der Waals surface area contributed by atoms with Crippen molar-refractivity contribution < 1.29 is 13.2 Å². The lowest BCUT2D eigenvalue weighted by atomic mass is 9.87. The number of ether oxygens (including phenoxy) is 1. The number of fused-ring (bicyclic) bond motifs is 3. The Morgan fingerprint density at radius 2 is 1.92 bits per heavy atom. The van der Waals surface area contributed by atoms with Crippen LogP contribution in [0.5, 0.6) is 0 Å². The fourth-order valence-corrected chi connectivity index (χ4v) is 5.12. The third kappa shape index (κ3) is 2.95. The minimum Gasteiger partial charge on any atom is -0.368 e. The van der Waals surface area contributed by atoms with E-state index in [1.54, 1.807) is 18.3 Å². The maximum atomic E-state index is 13.1. The second-order valence-corrected chi connectivity index (χ2v) is 9.95. The average Bonchev–Trinajstić information content (AvgIpc) is 3.09. The first-order chi connectivity index (χ1) is 12.3. The predicted molar refractivity (Wildman–Crippen MR) is 96.2 cm³/mol. The molecule has 2 aromatic rings. The van der Waals surface area contributed by atoms with Crippen LogP contribution in [0.1, 0.15) is 44.5 Å². The Kier molecular flexibility index (Phi) is 4.17. The van der Waals surface area contributed by atoms with Crippen LogP contribution >= 0.6 is 0 Å². The topological polar surface area (TPSA) is 77.3 Å². The summed E-state index contributed by atoms with van der Waals surface area (Å²) in [6, 6.07) is 7.27. The third-order valence-electron chi connectivity index (χ3n) is 5.25. The summed E-state index contributed by atoms with van der Waals surface area (Å²) < 4.78 is 35.4. The van der Waals surface area contributed by atoms with Crippen LogP contribution < -0.4 is 0 Å². The molecule has 1 aromatic heterocycles. The second kappa shape index (κ2) is 6.14. The molecular formula is C18H24N4O3S. The molecule has 1 saturated heterocycles.